The third-order valence-electron chi connectivity index (χ3n) is 4.79. The van der Waals surface area contributed by atoms with Crippen molar-refractivity contribution in [2.75, 3.05) is 10.6 Å². The van der Waals surface area contributed by atoms with Crippen molar-refractivity contribution in [2.24, 2.45) is 0 Å². The van der Waals surface area contributed by atoms with Gasteiger partial charge < -0.3 is 10.6 Å². The van der Waals surface area contributed by atoms with Gasteiger partial charge in [0.25, 0.3) is 0 Å². The van der Waals surface area contributed by atoms with E-state index in [1.165, 1.54) is 11.1 Å². The zero-order chi connectivity index (χ0) is 18.6. The Hall–Kier alpha value is -2.74. The highest BCUT2D eigenvalue weighted by Gasteiger charge is 2.23. The Morgan fingerprint density at radius 1 is 0.462 bits per heavy atom. The van der Waals surface area contributed by atoms with Crippen molar-refractivity contribution in [3.63, 3.8) is 0 Å². The molecule has 134 valence electrons. The van der Waals surface area contributed by atoms with Crippen LogP contribution in [0.3, 0.4) is 0 Å². The van der Waals surface area contributed by atoms with E-state index in [0.717, 1.165) is 11.4 Å². The highest BCUT2D eigenvalue weighted by atomic mass is 15.0. The summed E-state index contributed by atoms with van der Waals surface area (Å²) < 4.78 is 0. The predicted octanol–water partition coefficient (Wildman–Crippen LogP) is 6.38. The molecule has 0 atom stereocenters. The highest BCUT2D eigenvalue weighted by molar-refractivity contribution is 5.49. The van der Waals surface area contributed by atoms with Gasteiger partial charge in [-0.3, -0.25) is 0 Å². The average molecular weight is 345 g/mol. The fraction of sp³-hybridized carbons (Fsp3) is 0.250. The largest absolute Gasteiger partial charge is 0.376 e. The van der Waals surface area contributed by atoms with Gasteiger partial charge in [0.05, 0.1) is 11.1 Å². The summed E-state index contributed by atoms with van der Waals surface area (Å²) in [6.45, 7) is 8.84. The van der Waals surface area contributed by atoms with E-state index in [1.807, 2.05) is 12.1 Å². The van der Waals surface area contributed by atoms with Crippen LogP contribution in [0, 0.1) is 0 Å². The third kappa shape index (κ3) is 4.26. The molecule has 0 unspecified atom stereocenters. The average Bonchev–Trinajstić information content (AvgIpc) is 2.63. The number of anilines is 2. The molecule has 0 radical (unpaired) electrons. The van der Waals surface area contributed by atoms with E-state index in [4.69, 9.17) is 0 Å². The normalized spacial score (nSPS) is 11.8. The molecule has 0 heterocycles. The van der Waals surface area contributed by atoms with Crippen molar-refractivity contribution >= 4 is 11.4 Å². The summed E-state index contributed by atoms with van der Waals surface area (Å²) in [5.74, 6) is 0. The minimum Gasteiger partial charge on any atom is -0.376 e. The molecule has 2 nitrogen and oxygen atoms in total. The molecule has 0 fully saturated rings. The van der Waals surface area contributed by atoms with E-state index in [9.17, 15) is 0 Å². The van der Waals surface area contributed by atoms with Crippen molar-refractivity contribution in [3.8, 4) is 0 Å². The number of hydrogen-bond donors (Lipinski definition) is 2. The van der Waals surface area contributed by atoms with Crippen LogP contribution < -0.4 is 10.6 Å². The first-order chi connectivity index (χ1) is 12.4. The first-order valence-corrected chi connectivity index (χ1v) is 9.14. The maximum Gasteiger partial charge on any atom is 0.0569 e. The van der Waals surface area contributed by atoms with Gasteiger partial charge in [0, 0.05) is 11.4 Å². The minimum absolute atomic E-state index is 0.142. The molecule has 0 saturated carbocycles. The third-order valence-corrected chi connectivity index (χ3v) is 4.79. The molecule has 0 spiro atoms. The van der Waals surface area contributed by atoms with Gasteiger partial charge in [0.2, 0.25) is 0 Å². The van der Waals surface area contributed by atoms with Crippen LogP contribution in [0.4, 0.5) is 11.4 Å². The Bertz CT molecular complexity index is 747. The lowest BCUT2D eigenvalue weighted by Crippen LogP contribution is -2.30. The molecule has 0 saturated heterocycles. The van der Waals surface area contributed by atoms with Gasteiger partial charge >= 0.3 is 0 Å². The molecule has 2 N–H and O–H groups in total. The second kappa shape index (κ2) is 7.25. The van der Waals surface area contributed by atoms with Gasteiger partial charge in [-0.1, -0.05) is 60.7 Å². The van der Waals surface area contributed by atoms with Crippen LogP contribution in [0.1, 0.15) is 38.8 Å². The quantitative estimate of drug-likeness (QED) is 0.542. The van der Waals surface area contributed by atoms with E-state index in [0.29, 0.717) is 0 Å². The van der Waals surface area contributed by atoms with E-state index < -0.39 is 0 Å². The molecule has 0 aromatic heterocycles. The Kier molecular flexibility index (Phi) is 5.03. The van der Waals surface area contributed by atoms with Gasteiger partial charge in [-0.2, -0.15) is 0 Å². The summed E-state index contributed by atoms with van der Waals surface area (Å²) in [7, 11) is 0. The Balaban J connectivity index is 1.77. The summed E-state index contributed by atoms with van der Waals surface area (Å²) >= 11 is 0. The number of para-hydroxylation sites is 2. The zero-order valence-electron chi connectivity index (χ0n) is 16.1. The van der Waals surface area contributed by atoms with Crippen LogP contribution in [-0.2, 0) is 11.1 Å². The Labute approximate surface area is 157 Å². The maximum absolute atomic E-state index is 3.62. The monoisotopic (exact) mass is 344 g/mol. The summed E-state index contributed by atoms with van der Waals surface area (Å²) in [6, 6.07) is 29.6. The second-order valence-electron chi connectivity index (χ2n) is 7.81. The van der Waals surface area contributed by atoms with Crippen LogP contribution in [0.25, 0.3) is 0 Å². The lowest BCUT2D eigenvalue weighted by molar-refractivity contribution is 0.596. The number of benzene rings is 3. The smallest absolute Gasteiger partial charge is 0.0569 e. The minimum atomic E-state index is -0.142. The Morgan fingerprint density at radius 3 is 1.08 bits per heavy atom. The molecular formula is C24H28N2. The standard InChI is InChI=1S/C24H28N2/c1-23(2,25-21-11-7-5-8-12-21)19-15-17-20(18-16-19)24(3,4)26-22-13-9-6-10-14-22/h5-18,25-26H,1-4H3. The van der Waals surface area contributed by atoms with Crippen molar-refractivity contribution in [2.45, 2.75) is 38.8 Å². The lowest BCUT2D eigenvalue weighted by Gasteiger charge is -2.31. The van der Waals surface area contributed by atoms with E-state index in [2.05, 4.69) is 111 Å². The summed E-state index contributed by atoms with van der Waals surface area (Å²) in [5.41, 5.74) is 4.51. The van der Waals surface area contributed by atoms with Gasteiger partial charge in [0.15, 0.2) is 0 Å². The molecule has 0 aliphatic rings. The van der Waals surface area contributed by atoms with E-state index in [-0.39, 0.29) is 11.1 Å². The summed E-state index contributed by atoms with van der Waals surface area (Å²) in [5, 5.41) is 7.23. The van der Waals surface area contributed by atoms with Crippen LogP contribution in [0.2, 0.25) is 0 Å². The first kappa shape index (κ1) is 18.1. The number of hydrogen-bond acceptors (Lipinski definition) is 2. The predicted molar refractivity (Wildman–Crippen MR) is 113 cm³/mol. The summed E-state index contributed by atoms with van der Waals surface area (Å²) in [4.78, 5) is 0. The van der Waals surface area contributed by atoms with E-state index >= 15 is 0 Å². The number of rotatable bonds is 6. The van der Waals surface area contributed by atoms with Gasteiger partial charge in [-0.15, -0.1) is 0 Å². The van der Waals surface area contributed by atoms with Gasteiger partial charge in [-0.25, -0.2) is 0 Å². The molecule has 3 aromatic rings. The maximum atomic E-state index is 3.62. The second-order valence-corrected chi connectivity index (χ2v) is 7.81. The highest BCUT2D eigenvalue weighted by Crippen LogP contribution is 2.30. The van der Waals surface area contributed by atoms with Crippen LogP contribution >= 0.6 is 0 Å². The Morgan fingerprint density at radius 2 is 0.769 bits per heavy atom. The zero-order valence-corrected chi connectivity index (χ0v) is 16.1. The molecule has 2 heteroatoms. The van der Waals surface area contributed by atoms with Crippen LogP contribution in [0.5, 0.6) is 0 Å². The molecular weight excluding hydrogens is 316 g/mol. The van der Waals surface area contributed by atoms with Gasteiger partial charge in [-0.05, 0) is 63.1 Å². The molecule has 3 aromatic carbocycles. The fourth-order valence-corrected chi connectivity index (χ4v) is 3.21. The van der Waals surface area contributed by atoms with Crippen molar-refractivity contribution in [1.29, 1.82) is 0 Å². The SMILES string of the molecule is CC(C)(Nc1ccccc1)c1ccc(C(C)(C)Nc2ccccc2)cc1. The van der Waals surface area contributed by atoms with E-state index in [1.54, 1.807) is 0 Å². The first-order valence-electron chi connectivity index (χ1n) is 9.14. The van der Waals surface area contributed by atoms with Crippen LogP contribution in [0.15, 0.2) is 84.9 Å². The summed E-state index contributed by atoms with van der Waals surface area (Å²) in [6.07, 6.45) is 0. The molecule has 0 bridgehead atoms. The molecule has 0 aliphatic heterocycles. The van der Waals surface area contributed by atoms with Crippen molar-refractivity contribution in [3.05, 3.63) is 96.1 Å². The fourth-order valence-electron chi connectivity index (χ4n) is 3.21. The molecule has 0 aliphatic carbocycles. The van der Waals surface area contributed by atoms with Crippen molar-refractivity contribution in [1.82, 2.24) is 0 Å². The molecule has 0 amide bonds. The topological polar surface area (TPSA) is 24.1 Å². The van der Waals surface area contributed by atoms with Crippen molar-refractivity contribution < 1.29 is 0 Å². The molecule has 3 rings (SSSR count). The molecule has 26 heavy (non-hydrogen) atoms. The lowest BCUT2D eigenvalue weighted by atomic mass is 9.88. The van der Waals surface area contributed by atoms with Gasteiger partial charge in [0.1, 0.15) is 0 Å². The number of nitrogens with one attached hydrogen (secondary N) is 2. The van der Waals surface area contributed by atoms with Crippen LogP contribution in [-0.4, -0.2) is 0 Å².